The molecule has 0 amide bonds. The number of aromatic nitrogens is 1. The van der Waals surface area contributed by atoms with E-state index in [9.17, 15) is 0 Å². The van der Waals surface area contributed by atoms with Crippen LogP contribution in [0.3, 0.4) is 0 Å². The number of pyridine rings is 1. The van der Waals surface area contributed by atoms with Crippen LogP contribution in [0, 0.1) is 32.1 Å². The Hall–Kier alpha value is -2.34. The van der Waals surface area contributed by atoms with Gasteiger partial charge in [0.25, 0.3) is 0 Å². The molecule has 0 N–H and O–H groups in total. The minimum Gasteiger partial charge on any atom is -0.437 e. The standard InChI is InChI=1S/C15H14N2O/c1-10-6-7-11(2)14(12(10)3)18-15-13(9-16)5-4-8-17-15/h4-8H,1-3H3. The van der Waals surface area contributed by atoms with Gasteiger partial charge in [0.15, 0.2) is 0 Å². The van der Waals surface area contributed by atoms with Crippen LogP contribution in [0.5, 0.6) is 11.6 Å². The molecule has 0 aliphatic heterocycles. The Morgan fingerprint density at radius 3 is 2.56 bits per heavy atom. The van der Waals surface area contributed by atoms with Crippen LogP contribution in [0.1, 0.15) is 22.3 Å². The summed E-state index contributed by atoms with van der Waals surface area (Å²) < 4.78 is 5.81. The highest BCUT2D eigenvalue weighted by molar-refractivity contribution is 5.48. The van der Waals surface area contributed by atoms with Crippen molar-refractivity contribution in [1.29, 1.82) is 5.26 Å². The minimum atomic E-state index is 0.358. The van der Waals surface area contributed by atoms with Crippen LogP contribution < -0.4 is 4.74 Å². The summed E-state index contributed by atoms with van der Waals surface area (Å²) in [4.78, 5) is 4.11. The quantitative estimate of drug-likeness (QED) is 0.801. The second-order valence-corrected chi connectivity index (χ2v) is 4.22. The molecule has 0 radical (unpaired) electrons. The van der Waals surface area contributed by atoms with Crippen LogP contribution in [-0.2, 0) is 0 Å². The summed E-state index contributed by atoms with van der Waals surface area (Å²) in [6.45, 7) is 6.02. The van der Waals surface area contributed by atoms with Gasteiger partial charge in [-0.25, -0.2) is 4.98 Å². The highest BCUT2D eigenvalue weighted by Crippen LogP contribution is 2.30. The molecule has 0 saturated heterocycles. The van der Waals surface area contributed by atoms with Crippen LogP contribution in [-0.4, -0.2) is 4.98 Å². The number of ether oxygens (including phenoxy) is 1. The summed E-state index contributed by atoms with van der Waals surface area (Å²) in [6, 6.07) is 9.57. The van der Waals surface area contributed by atoms with Crippen molar-refractivity contribution in [3.05, 3.63) is 52.7 Å². The predicted octanol–water partition coefficient (Wildman–Crippen LogP) is 3.67. The van der Waals surface area contributed by atoms with Gasteiger partial charge in [-0.15, -0.1) is 0 Å². The zero-order valence-electron chi connectivity index (χ0n) is 10.7. The Morgan fingerprint density at radius 2 is 1.83 bits per heavy atom. The highest BCUT2D eigenvalue weighted by Gasteiger charge is 2.11. The molecule has 2 rings (SSSR count). The monoisotopic (exact) mass is 238 g/mol. The molecule has 1 heterocycles. The van der Waals surface area contributed by atoms with Crippen molar-refractivity contribution in [2.24, 2.45) is 0 Å². The molecule has 2 aromatic rings. The average molecular weight is 238 g/mol. The predicted molar refractivity (Wildman–Crippen MR) is 69.7 cm³/mol. The first-order valence-electron chi connectivity index (χ1n) is 5.73. The summed E-state index contributed by atoms with van der Waals surface area (Å²) in [7, 11) is 0. The van der Waals surface area contributed by atoms with Crippen LogP contribution in [0.15, 0.2) is 30.5 Å². The number of benzene rings is 1. The molecule has 1 aromatic carbocycles. The zero-order valence-corrected chi connectivity index (χ0v) is 10.7. The van der Waals surface area contributed by atoms with Crippen LogP contribution in [0.4, 0.5) is 0 Å². The zero-order chi connectivity index (χ0) is 13.1. The van der Waals surface area contributed by atoms with Crippen LogP contribution in [0.25, 0.3) is 0 Å². The van der Waals surface area contributed by atoms with Crippen molar-refractivity contribution in [2.45, 2.75) is 20.8 Å². The second kappa shape index (κ2) is 4.89. The third kappa shape index (κ3) is 2.18. The lowest BCUT2D eigenvalue weighted by atomic mass is 10.1. The Labute approximate surface area is 107 Å². The number of hydrogen-bond donors (Lipinski definition) is 0. The lowest BCUT2D eigenvalue weighted by molar-refractivity contribution is 0.454. The summed E-state index contributed by atoms with van der Waals surface area (Å²) in [5.74, 6) is 1.14. The molecule has 0 atom stereocenters. The maximum absolute atomic E-state index is 9.02. The van der Waals surface area contributed by atoms with E-state index in [1.54, 1.807) is 18.3 Å². The largest absolute Gasteiger partial charge is 0.437 e. The van der Waals surface area contributed by atoms with E-state index in [1.165, 1.54) is 0 Å². The maximum Gasteiger partial charge on any atom is 0.237 e. The van der Waals surface area contributed by atoms with Gasteiger partial charge in [0.2, 0.25) is 5.88 Å². The number of aryl methyl sites for hydroxylation is 2. The van der Waals surface area contributed by atoms with Gasteiger partial charge >= 0.3 is 0 Å². The fourth-order valence-corrected chi connectivity index (χ4v) is 1.74. The molecule has 0 unspecified atom stereocenters. The minimum absolute atomic E-state index is 0.358. The Kier molecular flexibility index (Phi) is 3.29. The van der Waals surface area contributed by atoms with E-state index >= 15 is 0 Å². The van der Waals surface area contributed by atoms with E-state index in [2.05, 4.69) is 17.1 Å². The van der Waals surface area contributed by atoms with E-state index in [-0.39, 0.29) is 0 Å². The first kappa shape index (κ1) is 12.1. The molecule has 3 nitrogen and oxygen atoms in total. The first-order chi connectivity index (χ1) is 8.63. The third-order valence-corrected chi connectivity index (χ3v) is 2.96. The molecule has 18 heavy (non-hydrogen) atoms. The van der Waals surface area contributed by atoms with Crippen molar-refractivity contribution in [3.63, 3.8) is 0 Å². The number of hydrogen-bond acceptors (Lipinski definition) is 3. The SMILES string of the molecule is Cc1ccc(C)c(Oc2ncccc2C#N)c1C. The van der Waals surface area contributed by atoms with Crippen LogP contribution in [0.2, 0.25) is 0 Å². The molecule has 0 spiro atoms. The maximum atomic E-state index is 9.02. The topological polar surface area (TPSA) is 45.9 Å². The van der Waals surface area contributed by atoms with E-state index in [0.717, 1.165) is 22.4 Å². The number of rotatable bonds is 2. The van der Waals surface area contributed by atoms with Gasteiger partial charge in [-0.05, 0) is 49.6 Å². The summed E-state index contributed by atoms with van der Waals surface area (Å²) >= 11 is 0. The molecule has 0 aliphatic rings. The van der Waals surface area contributed by atoms with E-state index in [1.807, 2.05) is 26.8 Å². The van der Waals surface area contributed by atoms with Gasteiger partial charge < -0.3 is 4.74 Å². The molecule has 0 aliphatic carbocycles. The fourth-order valence-electron chi connectivity index (χ4n) is 1.74. The summed E-state index contributed by atoms with van der Waals surface area (Å²) in [5.41, 5.74) is 3.71. The second-order valence-electron chi connectivity index (χ2n) is 4.22. The normalized spacial score (nSPS) is 9.89. The van der Waals surface area contributed by atoms with E-state index < -0.39 is 0 Å². The smallest absolute Gasteiger partial charge is 0.237 e. The van der Waals surface area contributed by atoms with Gasteiger partial charge in [-0.3, -0.25) is 0 Å². The van der Waals surface area contributed by atoms with Crippen molar-refractivity contribution >= 4 is 0 Å². The van der Waals surface area contributed by atoms with Crippen molar-refractivity contribution < 1.29 is 4.74 Å². The lowest BCUT2D eigenvalue weighted by Gasteiger charge is -2.13. The molecule has 1 aromatic heterocycles. The summed E-state index contributed by atoms with van der Waals surface area (Å²) in [5, 5.41) is 9.02. The van der Waals surface area contributed by atoms with Crippen molar-refractivity contribution in [2.75, 3.05) is 0 Å². The van der Waals surface area contributed by atoms with Gasteiger partial charge in [0.05, 0.1) is 0 Å². The Morgan fingerprint density at radius 1 is 1.11 bits per heavy atom. The molecular formula is C15H14N2O. The lowest BCUT2D eigenvalue weighted by Crippen LogP contribution is -1.96. The van der Waals surface area contributed by atoms with Crippen molar-refractivity contribution in [1.82, 2.24) is 4.98 Å². The fraction of sp³-hybridized carbons (Fsp3) is 0.200. The summed E-state index contributed by atoms with van der Waals surface area (Å²) in [6.07, 6.45) is 1.62. The Balaban J connectivity index is 2.47. The number of nitriles is 1. The first-order valence-corrected chi connectivity index (χ1v) is 5.73. The van der Waals surface area contributed by atoms with Gasteiger partial charge in [-0.2, -0.15) is 5.26 Å². The van der Waals surface area contributed by atoms with Gasteiger partial charge in [0.1, 0.15) is 17.4 Å². The number of nitrogens with zero attached hydrogens (tertiary/aromatic N) is 2. The molecule has 0 bridgehead atoms. The molecule has 0 saturated carbocycles. The third-order valence-electron chi connectivity index (χ3n) is 2.96. The molecule has 0 fully saturated rings. The highest BCUT2D eigenvalue weighted by atomic mass is 16.5. The van der Waals surface area contributed by atoms with Crippen molar-refractivity contribution in [3.8, 4) is 17.7 Å². The van der Waals surface area contributed by atoms with Gasteiger partial charge in [0, 0.05) is 6.20 Å². The molecule has 90 valence electrons. The molecular weight excluding hydrogens is 224 g/mol. The van der Waals surface area contributed by atoms with E-state index in [4.69, 9.17) is 10.00 Å². The van der Waals surface area contributed by atoms with Gasteiger partial charge in [-0.1, -0.05) is 12.1 Å². The van der Waals surface area contributed by atoms with Crippen LogP contribution >= 0.6 is 0 Å². The van der Waals surface area contributed by atoms with E-state index in [0.29, 0.717) is 11.4 Å². The average Bonchev–Trinajstić information content (AvgIpc) is 2.39. The molecule has 3 heteroatoms. The Bertz CT molecular complexity index is 627.